The molecular weight excluding hydrogens is 188 g/mol. The molecule has 1 aliphatic carbocycles. The average molecular weight is 206 g/mol. The van der Waals surface area contributed by atoms with Gasteiger partial charge >= 0.3 is 5.97 Å². The lowest BCUT2D eigenvalue weighted by atomic mass is 9.79. The lowest BCUT2D eigenvalue weighted by Gasteiger charge is -2.32. The van der Waals surface area contributed by atoms with Crippen LogP contribution >= 0.6 is 0 Å². The molecule has 0 aromatic rings. The van der Waals surface area contributed by atoms with Gasteiger partial charge in [-0.05, 0) is 12.8 Å². The van der Waals surface area contributed by atoms with Gasteiger partial charge in [-0.2, -0.15) is 0 Å². The number of hydrogen-bond acceptors (Lipinski definition) is 2. The van der Waals surface area contributed by atoms with E-state index in [2.05, 4.69) is 13.2 Å². The number of rotatable bonds is 2. The van der Waals surface area contributed by atoms with Crippen LogP contribution in [-0.2, 0) is 9.53 Å². The first-order chi connectivity index (χ1) is 7.14. The Kier molecular flexibility index (Phi) is 2.45. The Labute approximate surface area is 91.0 Å². The van der Waals surface area contributed by atoms with Gasteiger partial charge in [0.05, 0.1) is 5.92 Å². The predicted octanol–water partition coefficient (Wildman–Crippen LogP) is 2.71. The molecule has 0 radical (unpaired) electrons. The Bertz CT molecular complexity index is 290. The second-order valence-corrected chi connectivity index (χ2v) is 4.74. The van der Waals surface area contributed by atoms with Crippen LogP contribution in [0.1, 0.15) is 26.2 Å². The lowest BCUT2D eigenvalue weighted by molar-refractivity contribution is -0.153. The van der Waals surface area contributed by atoms with E-state index in [9.17, 15) is 4.79 Å². The summed E-state index contributed by atoms with van der Waals surface area (Å²) < 4.78 is 5.65. The monoisotopic (exact) mass is 206 g/mol. The van der Waals surface area contributed by atoms with E-state index in [0.29, 0.717) is 11.8 Å². The van der Waals surface area contributed by atoms with Crippen molar-refractivity contribution in [1.29, 1.82) is 0 Å². The maximum atomic E-state index is 11.6. The van der Waals surface area contributed by atoms with Crippen LogP contribution in [0.4, 0.5) is 0 Å². The summed E-state index contributed by atoms with van der Waals surface area (Å²) in [7, 11) is 0. The van der Waals surface area contributed by atoms with Gasteiger partial charge in [0.15, 0.2) is 0 Å². The third-order valence-corrected chi connectivity index (χ3v) is 3.93. The van der Waals surface area contributed by atoms with E-state index in [1.807, 2.05) is 19.1 Å². The van der Waals surface area contributed by atoms with Crippen molar-refractivity contribution in [2.45, 2.75) is 31.8 Å². The van der Waals surface area contributed by atoms with Crippen LogP contribution < -0.4 is 0 Å². The molecule has 2 rings (SSSR count). The zero-order valence-electron chi connectivity index (χ0n) is 9.24. The minimum absolute atomic E-state index is 0.0213. The second kappa shape index (κ2) is 3.51. The first kappa shape index (κ1) is 10.5. The van der Waals surface area contributed by atoms with Gasteiger partial charge in [0.2, 0.25) is 0 Å². The molecule has 1 spiro atoms. The highest BCUT2D eigenvalue weighted by Crippen LogP contribution is 2.51. The highest BCUT2D eigenvalue weighted by atomic mass is 16.6. The molecule has 1 unspecified atom stereocenters. The number of carbonyl (C=O) groups is 1. The van der Waals surface area contributed by atoms with E-state index in [0.717, 1.165) is 19.3 Å². The molecular formula is C13H18O2. The zero-order valence-corrected chi connectivity index (χ0v) is 9.24. The van der Waals surface area contributed by atoms with E-state index in [1.165, 1.54) is 0 Å². The Hall–Kier alpha value is -1.05. The molecule has 2 nitrogen and oxygen atoms in total. The molecule has 0 aromatic carbocycles. The van der Waals surface area contributed by atoms with Crippen molar-refractivity contribution in [3.63, 3.8) is 0 Å². The van der Waals surface area contributed by atoms with Crippen molar-refractivity contribution >= 4 is 5.97 Å². The summed E-state index contributed by atoms with van der Waals surface area (Å²) in [4.78, 5) is 11.6. The summed E-state index contributed by atoms with van der Waals surface area (Å²) in [5.74, 6) is 0.562. The molecule has 0 amide bonds. The van der Waals surface area contributed by atoms with Gasteiger partial charge in [-0.15, -0.1) is 13.2 Å². The highest BCUT2D eigenvalue weighted by molar-refractivity contribution is 5.75. The fourth-order valence-electron chi connectivity index (χ4n) is 3.10. The summed E-state index contributed by atoms with van der Waals surface area (Å²) in [6.07, 6.45) is 6.81. The lowest BCUT2D eigenvalue weighted by Crippen LogP contribution is -2.38. The first-order valence-electron chi connectivity index (χ1n) is 5.62. The van der Waals surface area contributed by atoms with Gasteiger partial charge < -0.3 is 4.74 Å². The number of ether oxygens (including phenoxy) is 1. The Morgan fingerprint density at radius 2 is 1.87 bits per heavy atom. The van der Waals surface area contributed by atoms with Crippen LogP contribution in [0.5, 0.6) is 0 Å². The largest absolute Gasteiger partial charge is 0.458 e. The highest BCUT2D eigenvalue weighted by Gasteiger charge is 2.56. The van der Waals surface area contributed by atoms with Crippen LogP contribution in [0.15, 0.2) is 25.3 Å². The molecule has 2 aliphatic rings. The molecule has 15 heavy (non-hydrogen) atoms. The summed E-state index contributed by atoms with van der Waals surface area (Å²) in [5.41, 5.74) is -0.319. The molecule has 1 heterocycles. The van der Waals surface area contributed by atoms with Crippen LogP contribution in [-0.4, -0.2) is 11.6 Å². The standard InChI is InChI=1S/C13H18O2/c1-4-10-6-7-11(5-2)13(10)8-9(3)12(14)15-13/h4-5,9-11H,1-2,6-8H2,3H3/t9-,10-,11+,13?/m0/s1. The van der Waals surface area contributed by atoms with Crippen molar-refractivity contribution in [1.82, 2.24) is 0 Å². The Morgan fingerprint density at radius 3 is 2.20 bits per heavy atom. The molecule has 1 saturated carbocycles. The fourth-order valence-corrected chi connectivity index (χ4v) is 3.10. The van der Waals surface area contributed by atoms with E-state index in [4.69, 9.17) is 4.74 Å². The van der Waals surface area contributed by atoms with Crippen molar-refractivity contribution < 1.29 is 9.53 Å². The summed E-state index contributed by atoms with van der Waals surface area (Å²) >= 11 is 0. The van der Waals surface area contributed by atoms with Gasteiger partial charge in [-0.25, -0.2) is 0 Å². The smallest absolute Gasteiger partial charge is 0.309 e. The number of esters is 1. The maximum Gasteiger partial charge on any atom is 0.309 e. The number of hydrogen-bond donors (Lipinski definition) is 0. The quantitative estimate of drug-likeness (QED) is 0.513. The van der Waals surface area contributed by atoms with Gasteiger partial charge in [0, 0.05) is 18.3 Å². The molecule has 1 saturated heterocycles. The SMILES string of the molecule is C=C[C@@H]1CC[C@H](C=C)C12C[C@H](C)C(=O)O2. The van der Waals surface area contributed by atoms with Crippen LogP contribution in [0.2, 0.25) is 0 Å². The minimum atomic E-state index is -0.319. The molecule has 4 atom stereocenters. The van der Waals surface area contributed by atoms with E-state index in [-0.39, 0.29) is 17.5 Å². The molecule has 1 aliphatic heterocycles. The first-order valence-corrected chi connectivity index (χ1v) is 5.62. The molecule has 0 aromatic heterocycles. The van der Waals surface area contributed by atoms with Gasteiger partial charge in [0.25, 0.3) is 0 Å². The maximum absolute atomic E-state index is 11.6. The predicted molar refractivity (Wildman–Crippen MR) is 59.2 cm³/mol. The third-order valence-electron chi connectivity index (χ3n) is 3.93. The van der Waals surface area contributed by atoms with Crippen molar-refractivity contribution in [2.24, 2.45) is 17.8 Å². The van der Waals surface area contributed by atoms with Crippen LogP contribution in [0, 0.1) is 17.8 Å². The van der Waals surface area contributed by atoms with E-state index >= 15 is 0 Å². The molecule has 2 heteroatoms. The van der Waals surface area contributed by atoms with Crippen LogP contribution in [0.3, 0.4) is 0 Å². The van der Waals surface area contributed by atoms with Crippen molar-refractivity contribution in [3.8, 4) is 0 Å². The minimum Gasteiger partial charge on any atom is -0.458 e. The van der Waals surface area contributed by atoms with Gasteiger partial charge in [-0.1, -0.05) is 19.1 Å². The summed E-state index contributed by atoms with van der Waals surface area (Å²) in [6.45, 7) is 9.65. The Balaban J connectivity index is 2.33. The van der Waals surface area contributed by atoms with Gasteiger partial charge in [0.1, 0.15) is 5.60 Å². The topological polar surface area (TPSA) is 26.3 Å². The number of carbonyl (C=O) groups excluding carboxylic acids is 1. The normalized spacial score (nSPS) is 44.3. The molecule has 0 N–H and O–H groups in total. The second-order valence-electron chi connectivity index (χ2n) is 4.74. The average Bonchev–Trinajstić information content (AvgIpc) is 2.69. The van der Waals surface area contributed by atoms with Gasteiger partial charge in [-0.3, -0.25) is 4.79 Å². The van der Waals surface area contributed by atoms with Crippen molar-refractivity contribution in [2.75, 3.05) is 0 Å². The summed E-state index contributed by atoms with van der Waals surface area (Å²) in [6, 6.07) is 0. The third kappa shape index (κ3) is 1.35. The molecule has 82 valence electrons. The fraction of sp³-hybridized carbons (Fsp3) is 0.615. The van der Waals surface area contributed by atoms with Crippen molar-refractivity contribution in [3.05, 3.63) is 25.3 Å². The summed E-state index contributed by atoms with van der Waals surface area (Å²) in [5, 5.41) is 0. The molecule has 2 fully saturated rings. The van der Waals surface area contributed by atoms with Crippen LogP contribution in [0.25, 0.3) is 0 Å². The molecule has 0 bridgehead atoms. The van der Waals surface area contributed by atoms with E-state index < -0.39 is 0 Å². The Morgan fingerprint density at radius 1 is 1.33 bits per heavy atom. The van der Waals surface area contributed by atoms with E-state index in [1.54, 1.807) is 0 Å². The zero-order chi connectivity index (χ0) is 11.1.